The van der Waals surface area contributed by atoms with Gasteiger partial charge in [-0.2, -0.15) is 5.10 Å². The summed E-state index contributed by atoms with van der Waals surface area (Å²) in [5.74, 6) is 0.467. The van der Waals surface area contributed by atoms with Crippen molar-refractivity contribution in [3.8, 4) is 5.75 Å². The van der Waals surface area contributed by atoms with Crippen molar-refractivity contribution < 1.29 is 14.3 Å². The Balaban J connectivity index is 1.68. The van der Waals surface area contributed by atoms with E-state index in [4.69, 9.17) is 4.74 Å². The summed E-state index contributed by atoms with van der Waals surface area (Å²) in [6.07, 6.45) is 4.31. The minimum atomic E-state index is -0.208. The number of methoxy groups -OCH3 is 1. The van der Waals surface area contributed by atoms with Crippen molar-refractivity contribution in [2.45, 2.75) is 38.1 Å². The van der Waals surface area contributed by atoms with Gasteiger partial charge in [0.15, 0.2) is 0 Å². The molecule has 0 radical (unpaired) electrons. The van der Waals surface area contributed by atoms with Gasteiger partial charge in [-0.25, -0.2) is 5.43 Å². The van der Waals surface area contributed by atoms with E-state index < -0.39 is 0 Å². The molecule has 7 nitrogen and oxygen atoms in total. The zero-order valence-electron chi connectivity index (χ0n) is 15.2. The lowest BCUT2D eigenvalue weighted by atomic mass is 10.0. The summed E-state index contributed by atoms with van der Waals surface area (Å²) in [6, 6.07) is 8.14. The van der Waals surface area contributed by atoms with Crippen molar-refractivity contribution in [1.29, 1.82) is 0 Å². The third kappa shape index (κ3) is 4.60. The molecular formula is C19H26N4O3. The monoisotopic (exact) mass is 358 g/mol. The quantitative estimate of drug-likeness (QED) is 0.809. The molecule has 7 heteroatoms. The number of benzene rings is 1. The van der Waals surface area contributed by atoms with Gasteiger partial charge in [0.05, 0.1) is 13.2 Å². The van der Waals surface area contributed by atoms with E-state index in [-0.39, 0.29) is 17.9 Å². The van der Waals surface area contributed by atoms with E-state index in [0.29, 0.717) is 25.1 Å². The van der Waals surface area contributed by atoms with Crippen LogP contribution in [0.15, 0.2) is 29.4 Å². The van der Waals surface area contributed by atoms with Gasteiger partial charge in [-0.15, -0.1) is 0 Å². The van der Waals surface area contributed by atoms with Crippen molar-refractivity contribution in [1.82, 2.24) is 15.6 Å². The van der Waals surface area contributed by atoms with Gasteiger partial charge in [-0.05, 0) is 43.6 Å². The number of hydrogen-bond acceptors (Lipinski definition) is 5. The molecule has 0 unspecified atom stereocenters. The highest BCUT2D eigenvalue weighted by molar-refractivity contribution is 6.39. The minimum Gasteiger partial charge on any atom is -0.497 e. The molecule has 1 saturated heterocycles. The standard InChI is InChI=1S/C19H26N4O3/c1-26-15-7-5-14(6-8-15)17(23-11-3-2-4-12-23)13-20-19(25)16-9-10-18(24)22-21-16/h5-8,17H,2-4,9-13H2,1H3,(H,20,25)(H,22,24)/t17-/m1/s1. The number of hydrazone groups is 1. The van der Waals surface area contributed by atoms with Gasteiger partial charge in [-0.3, -0.25) is 14.5 Å². The molecule has 3 rings (SSSR count). The molecule has 0 saturated carbocycles. The maximum absolute atomic E-state index is 12.4. The largest absolute Gasteiger partial charge is 0.497 e. The minimum absolute atomic E-state index is 0.115. The molecule has 0 aromatic heterocycles. The first-order valence-electron chi connectivity index (χ1n) is 9.19. The Kier molecular flexibility index (Phi) is 6.22. The van der Waals surface area contributed by atoms with E-state index in [1.165, 1.54) is 19.3 Å². The number of amides is 2. The van der Waals surface area contributed by atoms with E-state index >= 15 is 0 Å². The van der Waals surface area contributed by atoms with E-state index in [9.17, 15) is 9.59 Å². The number of ether oxygens (including phenoxy) is 1. The van der Waals surface area contributed by atoms with Crippen LogP contribution < -0.4 is 15.5 Å². The van der Waals surface area contributed by atoms with Crippen molar-refractivity contribution in [3.63, 3.8) is 0 Å². The lowest BCUT2D eigenvalue weighted by Crippen LogP contribution is -2.43. The first kappa shape index (κ1) is 18.4. The highest BCUT2D eigenvalue weighted by Crippen LogP contribution is 2.25. The number of likely N-dealkylation sites (tertiary alicyclic amines) is 1. The first-order chi connectivity index (χ1) is 12.7. The third-order valence-electron chi connectivity index (χ3n) is 4.95. The SMILES string of the molecule is COc1ccc([C@@H](CNC(=O)C2=NNC(=O)CC2)N2CCCCC2)cc1. The number of hydrogen-bond donors (Lipinski definition) is 2. The zero-order valence-corrected chi connectivity index (χ0v) is 15.2. The van der Waals surface area contributed by atoms with Crippen LogP contribution in [0.1, 0.15) is 43.7 Å². The maximum atomic E-state index is 12.4. The van der Waals surface area contributed by atoms with Gasteiger partial charge in [-0.1, -0.05) is 18.6 Å². The molecule has 2 heterocycles. The van der Waals surface area contributed by atoms with E-state index in [0.717, 1.165) is 24.4 Å². The molecule has 0 aliphatic carbocycles. The van der Waals surface area contributed by atoms with Crippen LogP contribution in [0.25, 0.3) is 0 Å². The van der Waals surface area contributed by atoms with E-state index in [1.807, 2.05) is 12.1 Å². The molecular weight excluding hydrogens is 332 g/mol. The predicted molar refractivity (Wildman–Crippen MR) is 99.0 cm³/mol. The Hall–Kier alpha value is -2.41. The fraction of sp³-hybridized carbons (Fsp3) is 0.526. The van der Waals surface area contributed by atoms with Gasteiger partial charge in [0.2, 0.25) is 5.91 Å². The number of nitrogens with zero attached hydrogens (tertiary/aromatic N) is 2. The van der Waals surface area contributed by atoms with Gasteiger partial charge in [0.1, 0.15) is 11.5 Å². The number of carbonyl (C=O) groups excluding carboxylic acids is 2. The Labute approximate surface area is 153 Å². The molecule has 1 atom stereocenters. The molecule has 1 aromatic carbocycles. The van der Waals surface area contributed by atoms with Crippen molar-refractivity contribution in [3.05, 3.63) is 29.8 Å². The molecule has 0 spiro atoms. The second-order valence-corrected chi connectivity index (χ2v) is 6.69. The molecule has 140 valence electrons. The number of rotatable bonds is 6. The molecule has 2 amide bonds. The maximum Gasteiger partial charge on any atom is 0.267 e. The number of carbonyl (C=O) groups is 2. The van der Waals surface area contributed by atoms with Gasteiger partial charge in [0.25, 0.3) is 5.91 Å². The average molecular weight is 358 g/mol. The topological polar surface area (TPSA) is 83.0 Å². The van der Waals surface area contributed by atoms with Crippen LogP contribution in [0.3, 0.4) is 0 Å². The Morgan fingerprint density at radius 3 is 2.58 bits per heavy atom. The molecule has 2 aliphatic rings. The van der Waals surface area contributed by atoms with Crippen LogP contribution in [0.4, 0.5) is 0 Å². The lowest BCUT2D eigenvalue weighted by molar-refractivity contribution is -0.121. The van der Waals surface area contributed by atoms with Crippen molar-refractivity contribution in [2.24, 2.45) is 5.10 Å². The van der Waals surface area contributed by atoms with Crippen LogP contribution >= 0.6 is 0 Å². The van der Waals surface area contributed by atoms with Gasteiger partial charge in [0, 0.05) is 19.4 Å². The predicted octanol–water partition coefficient (Wildman–Crippen LogP) is 1.60. The molecule has 1 fully saturated rings. The summed E-state index contributed by atoms with van der Waals surface area (Å²) in [7, 11) is 1.65. The second-order valence-electron chi connectivity index (χ2n) is 6.69. The summed E-state index contributed by atoms with van der Waals surface area (Å²) < 4.78 is 5.25. The lowest BCUT2D eigenvalue weighted by Gasteiger charge is -2.35. The van der Waals surface area contributed by atoms with Crippen LogP contribution in [0.5, 0.6) is 5.75 Å². The van der Waals surface area contributed by atoms with Crippen LogP contribution in [-0.2, 0) is 9.59 Å². The van der Waals surface area contributed by atoms with Gasteiger partial charge < -0.3 is 10.1 Å². The fourth-order valence-corrected chi connectivity index (χ4v) is 3.44. The van der Waals surface area contributed by atoms with E-state index in [1.54, 1.807) is 7.11 Å². The Morgan fingerprint density at radius 2 is 1.96 bits per heavy atom. The van der Waals surface area contributed by atoms with Crippen LogP contribution in [0.2, 0.25) is 0 Å². The molecule has 2 aliphatic heterocycles. The molecule has 26 heavy (non-hydrogen) atoms. The fourth-order valence-electron chi connectivity index (χ4n) is 3.44. The summed E-state index contributed by atoms with van der Waals surface area (Å²) in [6.45, 7) is 2.57. The molecule has 0 bridgehead atoms. The average Bonchev–Trinajstić information content (AvgIpc) is 2.70. The second kappa shape index (κ2) is 8.80. The number of piperidine rings is 1. The summed E-state index contributed by atoms with van der Waals surface area (Å²) in [4.78, 5) is 26.0. The third-order valence-corrected chi connectivity index (χ3v) is 4.95. The highest BCUT2D eigenvalue weighted by atomic mass is 16.5. The smallest absolute Gasteiger partial charge is 0.267 e. The zero-order chi connectivity index (χ0) is 18.4. The van der Waals surface area contributed by atoms with E-state index in [2.05, 4.69) is 32.9 Å². The molecule has 1 aromatic rings. The normalized spacial score (nSPS) is 19.3. The summed E-state index contributed by atoms with van der Waals surface area (Å²) in [5, 5.41) is 6.87. The first-order valence-corrected chi connectivity index (χ1v) is 9.19. The Bertz CT molecular complexity index is 666. The van der Waals surface area contributed by atoms with Crippen LogP contribution in [0, 0.1) is 0 Å². The van der Waals surface area contributed by atoms with Crippen molar-refractivity contribution in [2.75, 3.05) is 26.7 Å². The van der Waals surface area contributed by atoms with Crippen molar-refractivity contribution >= 4 is 17.5 Å². The Morgan fingerprint density at radius 1 is 1.23 bits per heavy atom. The summed E-state index contributed by atoms with van der Waals surface area (Å²) >= 11 is 0. The highest BCUT2D eigenvalue weighted by Gasteiger charge is 2.24. The number of nitrogens with one attached hydrogen (secondary N) is 2. The molecule has 2 N–H and O–H groups in total. The van der Waals surface area contributed by atoms with Gasteiger partial charge >= 0.3 is 0 Å². The van der Waals surface area contributed by atoms with Crippen LogP contribution in [-0.4, -0.2) is 49.2 Å². The summed E-state index contributed by atoms with van der Waals surface area (Å²) in [5.41, 5.74) is 3.92.